The van der Waals surface area contributed by atoms with Crippen LogP contribution in [0, 0.1) is 0 Å². The zero-order valence-corrected chi connectivity index (χ0v) is 16.0. The second-order valence-electron chi connectivity index (χ2n) is 6.80. The molecule has 1 fully saturated rings. The summed E-state index contributed by atoms with van der Waals surface area (Å²) in [5.74, 6) is 0.498. The van der Waals surface area contributed by atoms with Crippen LogP contribution in [0.5, 0.6) is 5.75 Å². The highest BCUT2D eigenvalue weighted by Crippen LogP contribution is 2.24. The number of hydrogen-bond acceptors (Lipinski definition) is 4. The van der Waals surface area contributed by atoms with Crippen LogP contribution in [-0.2, 0) is 20.7 Å². The average molecular weight is 382 g/mol. The van der Waals surface area contributed by atoms with Crippen molar-refractivity contribution in [1.82, 2.24) is 10.2 Å². The third kappa shape index (κ3) is 5.33. The summed E-state index contributed by atoms with van der Waals surface area (Å²) in [6, 6.07) is 18.5. The van der Waals surface area contributed by atoms with E-state index in [0.717, 1.165) is 11.3 Å². The number of carbonyl (C=O) groups is 2. The number of nitrogens with one attached hydrogen (secondary N) is 1. The van der Waals surface area contributed by atoms with Gasteiger partial charge in [-0.15, -0.1) is 0 Å². The molecule has 0 saturated carbocycles. The Labute approximate surface area is 165 Å². The van der Waals surface area contributed by atoms with Crippen molar-refractivity contribution in [1.29, 1.82) is 0 Å². The second-order valence-corrected chi connectivity index (χ2v) is 6.80. The molecule has 1 saturated heterocycles. The summed E-state index contributed by atoms with van der Waals surface area (Å²) in [4.78, 5) is 27.2. The minimum atomic E-state index is -0.540. The summed E-state index contributed by atoms with van der Waals surface area (Å²) in [5.41, 5.74) is 0.929. The van der Waals surface area contributed by atoms with Gasteiger partial charge in [0.25, 0.3) is 0 Å². The number of hydrogen-bond donors (Lipinski definition) is 1. The number of carbonyl (C=O) groups excluding carboxylic acids is 2. The van der Waals surface area contributed by atoms with Gasteiger partial charge < -0.3 is 19.7 Å². The van der Waals surface area contributed by atoms with E-state index < -0.39 is 6.04 Å². The summed E-state index contributed by atoms with van der Waals surface area (Å²) in [5, 5.41) is 2.85. The molecule has 1 aliphatic rings. The van der Waals surface area contributed by atoms with E-state index in [0.29, 0.717) is 26.1 Å². The molecule has 0 unspecified atom stereocenters. The van der Waals surface area contributed by atoms with Gasteiger partial charge in [-0.3, -0.25) is 9.59 Å². The number of para-hydroxylation sites is 1. The lowest BCUT2D eigenvalue weighted by Crippen LogP contribution is -2.47. The van der Waals surface area contributed by atoms with Crippen LogP contribution in [0.4, 0.5) is 0 Å². The van der Waals surface area contributed by atoms with E-state index in [9.17, 15) is 9.59 Å². The van der Waals surface area contributed by atoms with Crippen molar-refractivity contribution in [2.45, 2.75) is 25.0 Å². The number of nitrogens with zero attached hydrogens (tertiary/aromatic N) is 1. The lowest BCUT2D eigenvalue weighted by atomic mass is 10.1. The highest BCUT2D eigenvalue weighted by molar-refractivity contribution is 5.89. The van der Waals surface area contributed by atoms with Crippen molar-refractivity contribution in [2.24, 2.45) is 0 Å². The van der Waals surface area contributed by atoms with Crippen LogP contribution in [-0.4, -0.2) is 55.7 Å². The molecule has 2 atom stereocenters. The Balaban J connectivity index is 1.69. The number of likely N-dealkylation sites (tertiary alicyclic amines) is 1. The number of methoxy groups -OCH3 is 1. The topological polar surface area (TPSA) is 67.9 Å². The SMILES string of the molecule is COCCNC(=O)[C@@H]1C[C@H](Oc2ccccc2)CN1C(=O)Cc1ccccc1. The van der Waals surface area contributed by atoms with E-state index in [4.69, 9.17) is 9.47 Å². The van der Waals surface area contributed by atoms with E-state index >= 15 is 0 Å². The molecule has 1 aliphatic heterocycles. The second kappa shape index (κ2) is 9.90. The summed E-state index contributed by atoms with van der Waals surface area (Å²) >= 11 is 0. The van der Waals surface area contributed by atoms with E-state index in [-0.39, 0.29) is 24.3 Å². The zero-order valence-electron chi connectivity index (χ0n) is 16.0. The van der Waals surface area contributed by atoms with Crippen LogP contribution in [0.3, 0.4) is 0 Å². The van der Waals surface area contributed by atoms with Crippen LogP contribution >= 0.6 is 0 Å². The molecule has 2 amide bonds. The van der Waals surface area contributed by atoms with Gasteiger partial charge in [0.05, 0.1) is 19.6 Å². The fourth-order valence-electron chi connectivity index (χ4n) is 3.36. The van der Waals surface area contributed by atoms with Gasteiger partial charge in [-0.05, 0) is 17.7 Å². The van der Waals surface area contributed by atoms with Crippen LogP contribution in [0.25, 0.3) is 0 Å². The normalized spacial score (nSPS) is 18.7. The highest BCUT2D eigenvalue weighted by Gasteiger charge is 2.40. The minimum Gasteiger partial charge on any atom is -0.488 e. The highest BCUT2D eigenvalue weighted by atomic mass is 16.5. The number of rotatable bonds is 8. The first-order chi connectivity index (χ1) is 13.7. The molecule has 3 rings (SSSR count). The quantitative estimate of drug-likeness (QED) is 0.710. The molecule has 28 heavy (non-hydrogen) atoms. The Hall–Kier alpha value is -2.86. The maximum atomic E-state index is 12.9. The Morgan fingerprint density at radius 1 is 1.07 bits per heavy atom. The van der Waals surface area contributed by atoms with Gasteiger partial charge in [0.15, 0.2) is 0 Å². The van der Waals surface area contributed by atoms with Crippen molar-refractivity contribution in [3.05, 3.63) is 66.2 Å². The summed E-state index contributed by atoms with van der Waals surface area (Å²) in [7, 11) is 1.58. The van der Waals surface area contributed by atoms with Crippen LogP contribution in [0.2, 0.25) is 0 Å². The smallest absolute Gasteiger partial charge is 0.243 e. The van der Waals surface area contributed by atoms with Crippen LogP contribution < -0.4 is 10.1 Å². The standard InChI is InChI=1S/C22H26N2O4/c1-27-13-12-23-22(26)20-15-19(28-18-10-6-3-7-11-18)16-24(20)21(25)14-17-8-4-2-5-9-17/h2-11,19-20H,12-16H2,1H3,(H,23,26)/t19-,20-/m0/s1. The van der Waals surface area contributed by atoms with Crippen LogP contribution in [0.1, 0.15) is 12.0 Å². The van der Waals surface area contributed by atoms with Gasteiger partial charge in [-0.2, -0.15) is 0 Å². The monoisotopic (exact) mass is 382 g/mol. The Morgan fingerprint density at radius 2 is 1.75 bits per heavy atom. The minimum absolute atomic E-state index is 0.0720. The van der Waals surface area contributed by atoms with E-state index in [1.807, 2.05) is 60.7 Å². The molecule has 6 nitrogen and oxygen atoms in total. The predicted molar refractivity (Wildman–Crippen MR) is 106 cm³/mol. The van der Waals surface area contributed by atoms with Crippen molar-refractivity contribution in [3.8, 4) is 5.75 Å². The first-order valence-electron chi connectivity index (χ1n) is 9.49. The number of amides is 2. The fourth-order valence-corrected chi connectivity index (χ4v) is 3.36. The molecular formula is C22H26N2O4. The van der Waals surface area contributed by atoms with Gasteiger partial charge in [0, 0.05) is 20.1 Å². The van der Waals surface area contributed by atoms with Crippen molar-refractivity contribution in [3.63, 3.8) is 0 Å². The molecular weight excluding hydrogens is 356 g/mol. The molecule has 0 spiro atoms. The largest absolute Gasteiger partial charge is 0.488 e. The van der Waals surface area contributed by atoms with Crippen molar-refractivity contribution >= 4 is 11.8 Å². The molecule has 0 radical (unpaired) electrons. The third-order valence-electron chi connectivity index (χ3n) is 4.74. The van der Waals surface area contributed by atoms with Gasteiger partial charge in [0.1, 0.15) is 17.9 Å². The third-order valence-corrected chi connectivity index (χ3v) is 4.74. The van der Waals surface area contributed by atoms with E-state index in [2.05, 4.69) is 5.32 Å². The maximum Gasteiger partial charge on any atom is 0.243 e. The summed E-state index contributed by atoms with van der Waals surface area (Å²) in [6.45, 7) is 1.24. The Morgan fingerprint density at radius 3 is 2.43 bits per heavy atom. The lowest BCUT2D eigenvalue weighted by molar-refractivity contribution is -0.138. The molecule has 1 N–H and O–H groups in total. The van der Waals surface area contributed by atoms with Gasteiger partial charge in [0.2, 0.25) is 11.8 Å². The lowest BCUT2D eigenvalue weighted by Gasteiger charge is -2.23. The Kier molecular flexibility index (Phi) is 7.03. The van der Waals surface area contributed by atoms with Gasteiger partial charge >= 0.3 is 0 Å². The molecule has 148 valence electrons. The van der Waals surface area contributed by atoms with Crippen molar-refractivity contribution in [2.75, 3.05) is 26.8 Å². The first kappa shape index (κ1) is 19.9. The predicted octanol–water partition coefficient (Wildman–Crippen LogP) is 2.04. The Bertz CT molecular complexity index is 767. The molecule has 0 aliphatic carbocycles. The van der Waals surface area contributed by atoms with Crippen LogP contribution in [0.15, 0.2) is 60.7 Å². The zero-order chi connectivity index (χ0) is 19.8. The number of benzene rings is 2. The van der Waals surface area contributed by atoms with Gasteiger partial charge in [-0.25, -0.2) is 0 Å². The summed E-state index contributed by atoms with van der Waals surface area (Å²) < 4.78 is 11.0. The molecule has 0 bridgehead atoms. The fraction of sp³-hybridized carbons (Fsp3) is 0.364. The van der Waals surface area contributed by atoms with Gasteiger partial charge in [-0.1, -0.05) is 48.5 Å². The molecule has 6 heteroatoms. The molecule has 1 heterocycles. The van der Waals surface area contributed by atoms with E-state index in [1.165, 1.54) is 0 Å². The first-order valence-corrected chi connectivity index (χ1v) is 9.49. The molecule has 2 aromatic rings. The van der Waals surface area contributed by atoms with Crippen molar-refractivity contribution < 1.29 is 19.1 Å². The van der Waals surface area contributed by atoms with E-state index in [1.54, 1.807) is 12.0 Å². The number of ether oxygens (including phenoxy) is 2. The maximum absolute atomic E-state index is 12.9. The average Bonchev–Trinajstić information content (AvgIpc) is 3.14. The molecule has 2 aromatic carbocycles. The summed E-state index contributed by atoms with van der Waals surface area (Å²) in [6.07, 6.45) is 0.509. The molecule has 0 aromatic heterocycles.